The Kier molecular flexibility index (Phi) is 7.62. The minimum absolute atomic E-state index is 0.0777. The number of rotatable bonds is 6. The lowest BCUT2D eigenvalue weighted by molar-refractivity contribution is -0.123. The Morgan fingerprint density at radius 1 is 0.739 bits per heavy atom. The van der Waals surface area contributed by atoms with Crippen molar-refractivity contribution in [3.05, 3.63) is 124 Å². The molecule has 5 amide bonds. The van der Waals surface area contributed by atoms with E-state index in [1.54, 1.807) is 70.5 Å². The van der Waals surface area contributed by atoms with Crippen molar-refractivity contribution in [1.29, 1.82) is 0 Å². The highest BCUT2D eigenvalue weighted by molar-refractivity contribution is 6.30. The first-order valence-corrected chi connectivity index (χ1v) is 15.5. The third-order valence-electron chi connectivity index (χ3n) is 8.93. The van der Waals surface area contributed by atoms with Gasteiger partial charge in [0.15, 0.2) is 0 Å². The summed E-state index contributed by atoms with van der Waals surface area (Å²) >= 11 is 5.93. The van der Waals surface area contributed by atoms with Gasteiger partial charge >= 0.3 is 0 Å². The van der Waals surface area contributed by atoms with E-state index in [9.17, 15) is 24.0 Å². The number of carbonyl (C=O) groups is 5. The second-order valence-corrected chi connectivity index (χ2v) is 12.1. The van der Waals surface area contributed by atoms with E-state index in [1.807, 2.05) is 36.4 Å². The number of fused-ring (bicyclic) bond motifs is 3. The lowest BCUT2D eigenvalue weighted by Crippen LogP contribution is -2.49. The fourth-order valence-electron chi connectivity index (χ4n) is 6.69. The molecular weight excluding hydrogens is 604 g/mol. The Morgan fingerprint density at radius 2 is 1.37 bits per heavy atom. The van der Waals surface area contributed by atoms with Crippen molar-refractivity contribution in [3.63, 3.8) is 0 Å². The molecule has 0 spiro atoms. The third kappa shape index (κ3) is 5.22. The molecule has 2 atom stereocenters. The molecule has 0 bridgehead atoms. The van der Waals surface area contributed by atoms with Crippen molar-refractivity contribution in [3.8, 4) is 0 Å². The molecule has 0 unspecified atom stereocenters. The Bertz CT molecular complexity index is 1860. The Hall–Kier alpha value is -5.28. The molecule has 2 aliphatic heterocycles. The number of nitrogens with one attached hydrogen (secondary N) is 1. The number of halogens is 1. The van der Waals surface area contributed by atoms with E-state index >= 15 is 0 Å². The summed E-state index contributed by atoms with van der Waals surface area (Å²) in [7, 11) is 0. The van der Waals surface area contributed by atoms with E-state index in [0.29, 0.717) is 40.5 Å². The summed E-state index contributed by atoms with van der Waals surface area (Å²) in [5.74, 6) is -2.17. The van der Waals surface area contributed by atoms with Crippen LogP contribution in [0.2, 0.25) is 5.02 Å². The van der Waals surface area contributed by atoms with Crippen LogP contribution in [0.25, 0.3) is 0 Å². The zero-order valence-electron chi connectivity index (χ0n) is 24.7. The number of nitrogens with zero attached hydrogens (tertiary/aromatic N) is 3. The van der Waals surface area contributed by atoms with E-state index in [2.05, 4.69) is 5.32 Å². The molecule has 1 saturated carbocycles. The van der Waals surface area contributed by atoms with Gasteiger partial charge in [0.2, 0.25) is 11.8 Å². The zero-order valence-corrected chi connectivity index (χ0v) is 25.4. The highest BCUT2D eigenvalue weighted by atomic mass is 35.5. The molecule has 2 heterocycles. The van der Waals surface area contributed by atoms with Crippen LogP contribution >= 0.6 is 11.6 Å². The number of para-hydroxylation sites is 2. The van der Waals surface area contributed by atoms with Crippen LogP contribution in [-0.2, 0) is 16.1 Å². The summed E-state index contributed by atoms with van der Waals surface area (Å²) in [6.07, 6.45) is 2.03. The monoisotopic (exact) mass is 632 g/mol. The van der Waals surface area contributed by atoms with Crippen LogP contribution < -0.4 is 15.1 Å². The van der Waals surface area contributed by atoms with Crippen LogP contribution in [-0.4, -0.2) is 47.0 Å². The first kappa shape index (κ1) is 29.4. The second kappa shape index (κ2) is 11.9. The van der Waals surface area contributed by atoms with Crippen LogP contribution in [0.1, 0.15) is 55.9 Å². The molecule has 1 aliphatic carbocycles. The van der Waals surface area contributed by atoms with Crippen LogP contribution in [0, 0.1) is 5.92 Å². The Balaban J connectivity index is 1.14. The molecule has 46 heavy (non-hydrogen) atoms. The summed E-state index contributed by atoms with van der Waals surface area (Å²) in [6.45, 7) is -0.161. The van der Waals surface area contributed by atoms with Crippen molar-refractivity contribution in [2.45, 2.75) is 31.8 Å². The molecule has 1 N–H and O–H groups in total. The van der Waals surface area contributed by atoms with Gasteiger partial charge in [-0.15, -0.1) is 0 Å². The average Bonchev–Trinajstić information content (AvgIpc) is 3.62. The van der Waals surface area contributed by atoms with E-state index in [1.165, 1.54) is 0 Å². The smallest absolute Gasteiger partial charge is 0.262 e. The quantitative estimate of drug-likeness (QED) is 0.265. The van der Waals surface area contributed by atoms with Gasteiger partial charge in [-0.2, -0.15) is 0 Å². The number of carbonyl (C=O) groups excluding carboxylic acids is 5. The number of hydrogen-bond acceptors (Lipinski definition) is 5. The molecular formula is C36H29ClN4O5. The molecule has 0 aromatic heterocycles. The predicted molar refractivity (Wildman–Crippen MR) is 174 cm³/mol. The van der Waals surface area contributed by atoms with Gasteiger partial charge in [0.05, 0.1) is 35.0 Å². The molecule has 10 heteroatoms. The van der Waals surface area contributed by atoms with Crippen LogP contribution in [0.15, 0.2) is 97.1 Å². The summed E-state index contributed by atoms with van der Waals surface area (Å²) in [6, 6.07) is 27.3. The number of hydrogen-bond donors (Lipinski definition) is 1. The molecule has 3 aliphatic rings. The van der Waals surface area contributed by atoms with Gasteiger partial charge < -0.3 is 15.1 Å². The lowest BCUT2D eigenvalue weighted by Gasteiger charge is -2.31. The molecule has 1 fully saturated rings. The van der Waals surface area contributed by atoms with Crippen molar-refractivity contribution in [1.82, 2.24) is 4.90 Å². The zero-order chi connectivity index (χ0) is 31.9. The Labute approximate surface area is 270 Å². The first-order chi connectivity index (χ1) is 22.3. The van der Waals surface area contributed by atoms with Crippen molar-refractivity contribution < 1.29 is 24.0 Å². The fraction of sp³-hybridized carbons (Fsp3) is 0.194. The van der Waals surface area contributed by atoms with Gasteiger partial charge in [-0.25, -0.2) is 0 Å². The van der Waals surface area contributed by atoms with E-state index in [-0.39, 0.29) is 29.5 Å². The SMILES string of the molecule is O=C(Nc1ccc(CN2C(=O)[C@H]3CCC[C@H]3N(C(=O)CN3C(=O)c4ccccc4C3=O)c3ccccc32)cc1)c1ccc(Cl)cc1. The minimum atomic E-state index is -0.495. The summed E-state index contributed by atoms with van der Waals surface area (Å²) in [5.41, 5.74) is 3.64. The predicted octanol–water partition coefficient (Wildman–Crippen LogP) is 5.94. The van der Waals surface area contributed by atoms with Crippen molar-refractivity contribution in [2.75, 3.05) is 21.7 Å². The number of imide groups is 1. The molecule has 4 aromatic carbocycles. The topological polar surface area (TPSA) is 107 Å². The average molecular weight is 633 g/mol. The van der Waals surface area contributed by atoms with E-state index < -0.39 is 36.2 Å². The number of benzene rings is 4. The fourth-order valence-corrected chi connectivity index (χ4v) is 6.81. The normalized spacial score (nSPS) is 18.6. The van der Waals surface area contributed by atoms with Crippen LogP contribution in [0.5, 0.6) is 0 Å². The summed E-state index contributed by atoms with van der Waals surface area (Å²) in [5, 5.41) is 3.42. The molecule has 0 saturated heterocycles. The Morgan fingerprint density at radius 3 is 2.04 bits per heavy atom. The lowest BCUT2D eigenvalue weighted by atomic mass is 10.0. The van der Waals surface area contributed by atoms with Crippen LogP contribution in [0.4, 0.5) is 17.1 Å². The maximum absolute atomic E-state index is 14.2. The van der Waals surface area contributed by atoms with Crippen molar-refractivity contribution >= 4 is 58.2 Å². The van der Waals surface area contributed by atoms with Gasteiger partial charge in [-0.3, -0.25) is 28.9 Å². The summed E-state index contributed by atoms with van der Waals surface area (Å²) < 4.78 is 0. The maximum Gasteiger partial charge on any atom is 0.262 e. The first-order valence-electron chi connectivity index (χ1n) is 15.1. The molecule has 9 nitrogen and oxygen atoms in total. The largest absolute Gasteiger partial charge is 0.322 e. The third-order valence-corrected chi connectivity index (χ3v) is 9.18. The molecule has 7 rings (SSSR count). The molecule has 0 radical (unpaired) electrons. The van der Waals surface area contributed by atoms with Gasteiger partial charge in [-0.1, -0.05) is 54.4 Å². The second-order valence-electron chi connectivity index (χ2n) is 11.7. The molecule has 4 aromatic rings. The minimum Gasteiger partial charge on any atom is -0.322 e. The maximum atomic E-state index is 14.2. The van der Waals surface area contributed by atoms with E-state index in [4.69, 9.17) is 11.6 Å². The molecule has 230 valence electrons. The van der Waals surface area contributed by atoms with Crippen LogP contribution in [0.3, 0.4) is 0 Å². The standard InChI is InChI=1S/C36H29ClN4O5/c37-24-16-14-23(15-17-24)33(43)38-25-18-12-22(13-19-25)20-39-30-9-3-4-10-31(30)41(29-11-5-8-28(29)36(39)46)32(42)21-40-34(44)26-6-1-2-7-27(26)35(40)45/h1-4,6-7,9-10,12-19,28-29H,5,8,11,20-21H2,(H,38,43)/t28-,29+/m0/s1. The van der Waals surface area contributed by atoms with Gasteiger partial charge in [-0.05, 0) is 79.1 Å². The number of amides is 5. The van der Waals surface area contributed by atoms with Gasteiger partial charge in [0.1, 0.15) is 6.54 Å². The highest BCUT2D eigenvalue weighted by Crippen LogP contribution is 2.43. The number of anilines is 3. The van der Waals surface area contributed by atoms with Crippen molar-refractivity contribution in [2.24, 2.45) is 5.92 Å². The van der Waals surface area contributed by atoms with Gasteiger partial charge in [0.25, 0.3) is 17.7 Å². The van der Waals surface area contributed by atoms with E-state index in [0.717, 1.165) is 16.9 Å². The highest BCUT2D eigenvalue weighted by Gasteiger charge is 2.47. The summed E-state index contributed by atoms with van der Waals surface area (Å²) in [4.78, 5) is 71.4. The van der Waals surface area contributed by atoms with Gasteiger partial charge in [0, 0.05) is 22.3 Å².